The summed E-state index contributed by atoms with van der Waals surface area (Å²) in [6, 6.07) is 8.24. The lowest BCUT2D eigenvalue weighted by molar-refractivity contribution is 0.0838. The zero-order chi connectivity index (χ0) is 16.1. The van der Waals surface area contributed by atoms with Gasteiger partial charge in [-0.2, -0.15) is 0 Å². The Morgan fingerprint density at radius 3 is 2.55 bits per heavy atom. The quantitative estimate of drug-likeness (QED) is 0.909. The van der Waals surface area contributed by atoms with Gasteiger partial charge >= 0.3 is 6.03 Å². The van der Waals surface area contributed by atoms with Gasteiger partial charge in [0.2, 0.25) is 0 Å². The van der Waals surface area contributed by atoms with E-state index in [-0.39, 0.29) is 18.2 Å². The topological polar surface area (TPSA) is 44.8 Å². The van der Waals surface area contributed by atoms with Gasteiger partial charge in [-0.15, -0.1) is 0 Å². The largest absolute Gasteiger partial charge is 0.378 e. The first-order chi connectivity index (χ1) is 10.5. The molecule has 0 saturated carbocycles. The number of urea groups is 1. The fraction of sp³-hybridized carbons (Fsp3) is 0.588. The highest BCUT2D eigenvalue weighted by molar-refractivity contribution is 5.74. The molecule has 2 rings (SSSR count). The molecule has 122 valence electrons. The summed E-state index contributed by atoms with van der Waals surface area (Å²) >= 11 is 0. The van der Waals surface area contributed by atoms with Crippen molar-refractivity contribution in [2.45, 2.75) is 38.5 Å². The van der Waals surface area contributed by atoms with Gasteiger partial charge in [0.1, 0.15) is 0 Å². The lowest BCUT2D eigenvalue weighted by atomic mass is 10.1. The predicted octanol–water partition coefficient (Wildman–Crippen LogP) is 2.46. The molecular weight excluding hydrogens is 278 g/mol. The number of amides is 2. The molecule has 5 nitrogen and oxygen atoms in total. The van der Waals surface area contributed by atoms with Crippen LogP contribution in [0.2, 0.25) is 0 Å². The summed E-state index contributed by atoms with van der Waals surface area (Å²) in [5, 5.41) is 3.03. The van der Waals surface area contributed by atoms with E-state index in [1.807, 2.05) is 28.1 Å². The van der Waals surface area contributed by atoms with Crippen LogP contribution in [0.25, 0.3) is 0 Å². The fourth-order valence-electron chi connectivity index (χ4n) is 2.64. The molecule has 1 heterocycles. The maximum absolute atomic E-state index is 12.2. The molecule has 2 atom stereocenters. The zero-order valence-corrected chi connectivity index (χ0v) is 14.0. The first-order valence-corrected chi connectivity index (χ1v) is 7.87. The average molecular weight is 305 g/mol. The Bertz CT molecular complexity index is 481. The average Bonchev–Trinajstić information content (AvgIpc) is 3.02. The number of carbonyl (C=O) groups excluding carboxylic acids is 1. The van der Waals surface area contributed by atoms with E-state index in [0.717, 1.165) is 30.7 Å². The number of rotatable bonds is 5. The molecule has 0 bridgehead atoms. The van der Waals surface area contributed by atoms with E-state index in [4.69, 9.17) is 4.74 Å². The van der Waals surface area contributed by atoms with Crippen molar-refractivity contribution in [3.05, 3.63) is 29.8 Å². The molecule has 1 aliphatic rings. The highest BCUT2D eigenvalue weighted by Crippen LogP contribution is 2.16. The Labute approximate surface area is 133 Å². The Morgan fingerprint density at radius 2 is 2.00 bits per heavy atom. The molecule has 5 heteroatoms. The third-order valence-corrected chi connectivity index (χ3v) is 4.09. The van der Waals surface area contributed by atoms with Crippen LogP contribution in [0.15, 0.2) is 24.3 Å². The number of hydrogen-bond donors (Lipinski definition) is 1. The van der Waals surface area contributed by atoms with E-state index in [1.54, 1.807) is 4.90 Å². The van der Waals surface area contributed by atoms with Crippen molar-refractivity contribution in [3.8, 4) is 0 Å². The molecule has 1 aromatic rings. The molecule has 22 heavy (non-hydrogen) atoms. The van der Waals surface area contributed by atoms with Crippen molar-refractivity contribution < 1.29 is 9.53 Å². The van der Waals surface area contributed by atoms with Crippen LogP contribution >= 0.6 is 0 Å². The van der Waals surface area contributed by atoms with E-state index < -0.39 is 0 Å². The SMILES string of the molecule is CC(NC(=O)N(C)Cc1ccc(N(C)C)cc1)C1CCCO1. The number of nitrogens with one attached hydrogen (secondary N) is 1. The second-order valence-electron chi connectivity index (χ2n) is 6.21. The highest BCUT2D eigenvalue weighted by atomic mass is 16.5. The van der Waals surface area contributed by atoms with Crippen molar-refractivity contribution in [2.24, 2.45) is 0 Å². The summed E-state index contributed by atoms with van der Waals surface area (Å²) in [5.41, 5.74) is 2.27. The van der Waals surface area contributed by atoms with Gasteiger partial charge in [0, 0.05) is 40.0 Å². The number of ether oxygens (including phenoxy) is 1. The Hall–Kier alpha value is -1.75. The van der Waals surface area contributed by atoms with E-state index in [1.165, 1.54) is 0 Å². The predicted molar refractivity (Wildman–Crippen MR) is 89.2 cm³/mol. The van der Waals surface area contributed by atoms with Gasteiger partial charge in [-0.3, -0.25) is 0 Å². The van der Waals surface area contributed by atoms with Crippen molar-refractivity contribution in [1.82, 2.24) is 10.2 Å². The molecule has 2 amide bonds. The second kappa shape index (κ2) is 7.49. The van der Waals surface area contributed by atoms with Crippen LogP contribution in [0.5, 0.6) is 0 Å². The first kappa shape index (κ1) is 16.6. The molecular formula is C17H27N3O2. The van der Waals surface area contributed by atoms with Gasteiger partial charge in [0.05, 0.1) is 12.1 Å². The molecule has 0 aromatic heterocycles. The normalized spacial score (nSPS) is 18.8. The van der Waals surface area contributed by atoms with Gasteiger partial charge in [-0.05, 0) is 37.5 Å². The van der Waals surface area contributed by atoms with Gasteiger partial charge in [0.15, 0.2) is 0 Å². The molecule has 0 aliphatic carbocycles. The van der Waals surface area contributed by atoms with E-state index in [0.29, 0.717) is 6.54 Å². The summed E-state index contributed by atoms with van der Waals surface area (Å²) in [5.74, 6) is 0. The van der Waals surface area contributed by atoms with E-state index in [9.17, 15) is 4.79 Å². The molecule has 1 aromatic carbocycles. The lowest BCUT2D eigenvalue weighted by Gasteiger charge is -2.24. The molecule has 0 radical (unpaired) electrons. The van der Waals surface area contributed by atoms with E-state index in [2.05, 4.69) is 34.5 Å². The third-order valence-electron chi connectivity index (χ3n) is 4.09. The summed E-state index contributed by atoms with van der Waals surface area (Å²) in [4.78, 5) is 16.0. The van der Waals surface area contributed by atoms with Crippen LogP contribution in [-0.4, -0.2) is 50.8 Å². The Morgan fingerprint density at radius 1 is 1.32 bits per heavy atom. The number of nitrogens with zero attached hydrogens (tertiary/aromatic N) is 2. The summed E-state index contributed by atoms with van der Waals surface area (Å²) in [6.07, 6.45) is 2.26. The standard InChI is InChI=1S/C17H27N3O2/c1-13(16-6-5-11-22-16)18-17(21)20(4)12-14-7-9-15(10-8-14)19(2)3/h7-10,13,16H,5-6,11-12H2,1-4H3,(H,18,21). The number of hydrogen-bond acceptors (Lipinski definition) is 3. The highest BCUT2D eigenvalue weighted by Gasteiger charge is 2.24. The maximum Gasteiger partial charge on any atom is 0.317 e. The summed E-state index contributed by atoms with van der Waals surface area (Å²) in [6.45, 7) is 3.41. The van der Waals surface area contributed by atoms with Crippen LogP contribution < -0.4 is 10.2 Å². The number of carbonyl (C=O) groups is 1. The van der Waals surface area contributed by atoms with Gasteiger partial charge in [0.25, 0.3) is 0 Å². The number of benzene rings is 1. The van der Waals surface area contributed by atoms with Crippen molar-refractivity contribution in [2.75, 3.05) is 32.6 Å². The minimum Gasteiger partial charge on any atom is -0.378 e. The van der Waals surface area contributed by atoms with Crippen LogP contribution in [0.4, 0.5) is 10.5 Å². The molecule has 1 aliphatic heterocycles. The molecule has 1 fully saturated rings. The summed E-state index contributed by atoms with van der Waals surface area (Å²) < 4.78 is 5.61. The Kier molecular flexibility index (Phi) is 5.66. The first-order valence-electron chi connectivity index (χ1n) is 7.87. The smallest absolute Gasteiger partial charge is 0.317 e. The van der Waals surface area contributed by atoms with Crippen LogP contribution in [-0.2, 0) is 11.3 Å². The van der Waals surface area contributed by atoms with Crippen molar-refractivity contribution >= 4 is 11.7 Å². The lowest BCUT2D eigenvalue weighted by Crippen LogP contribution is -2.46. The van der Waals surface area contributed by atoms with Gasteiger partial charge in [-0.25, -0.2) is 4.79 Å². The van der Waals surface area contributed by atoms with Crippen LogP contribution in [0.1, 0.15) is 25.3 Å². The van der Waals surface area contributed by atoms with E-state index >= 15 is 0 Å². The Balaban J connectivity index is 1.85. The van der Waals surface area contributed by atoms with Crippen molar-refractivity contribution in [1.29, 1.82) is 0 Å². The molecule has 1 saturated heterocycles. The van der Waals surface area contributed by atoms with Gasteiger partial charge < -0.3 is 19.9 Å². The minimum atomic E-state index is -0.0558. The molecule has 1 N–H and O–H groups in total. The zero-order valence-electron chi connectivity index (χ0n) is 14.0. The molecule has 0 spiro atoms. The minimum absolute atomic E-state index is 0.0496. The van der Waals surface area contributed by atoms with Crippen molar-refractivity contribution in [3.63, 3.8) is 0 Å². The monoisotopic (exact) mass is 305 g/mol. The third kappa shape index (κ3) is 4.37. The maximum atomic E-state index is 12.2. The fourth-order valence-corrected chi connectivity index (χ4v) is 2.64. The van der Waals surface area contributed by atoms with Crippen LogP contribution in [0, 0.1) is 0 Å². The van der Waals surface area contributed by atoms with Gasteiger partial charge in [-0.1, -0.05) is 12.1 Å². The number of anilines is 1. The van der Waals surface area contributed by atoms with Crippen LogP contribution in [0.3, 0.4) is 0 Å². The molecule has 2 unspecified atom stereocenters. The second-order valence-corrected chi connectivity index (χ2v) is 6.21. The summed E-state index contributed by atoms with van der Waals surface area (Å²) in [7, 11) is 5.85.